The number of aryl methyl sites for hydroxylation is 2. The summed E-state index contributed by atoms with van der Waals surface area (Å²) in [7, 11) is -3.26. The molecule has 1 fully saturated rings. The maximum absolute atomic E-state index is 12.1. The summed E-state index contributed by atoms with van der Waals surface area (Å²) >= 11 is 0. The van der Waals surface area contributed by atoms with Gasteiger partial charge in [0.05, 0.1) is 23.6 Å². The Balaban J connectivity index is 1.77. The van der Waals surface area contributed by atoms with Gasteiger partial charge < -0.3 is 9.84 Å². The summed E-state index contributed by atoms with van der Waals surface area (Å²) in [5.41, 5.74) is 2.58. The second-order valence-electron chi connectivity index (χ2n) is 5.90. The number of carbonyl (C=O) groups is 1. The van der Waals surface area contributed by atoms with Crippen molar-refractivity contribution in [1.29, 1.82) is 0 Å². The van der Waals surface area contributed by atoms with E-state index in [2.05, 4.69) is 10.5 Å². The summed E-state index contributed by atoms with van der Waals surface area (Å²) in [4.78, 5) is 12.1. The second kappa shape index (κ2) is 6.27. The quantitative estimate of drug-likeness (QED) is 0.911. The topological polar surface area (TPSA) is 92.5 Å². The van der Waals surface area contributed by atoms with Gasteiger partial charge in [0.2, 0.25) is 15.9 Å². The van der Waals surface area contributed by atoms with E-state index < -0.39 is 10.0 Å². The van der Waals surface area contributed by atoms with E-state index >= 15 is 0 Å². The molecule has 0 spiro atoms. The molecule has 2 aromatic rings. The molecule has 0 saturated carbocycles. The predicted molar refractivity (Wildman–Crippen MR) is 90.5 cm³/mol. The Morgan fingerprint density at radius 2 is 2.12 bits per heavy atom. The van der Waals surface area contributed by atoms with Crippen LogP contribution in [0.25, 0.3) is 0 Å². The first-order chi connectivity index (χ1) is 11.3. The van der Waals surface area contributed by atoms with Gasteiger partial charge in [0.1, 0.15) is 5.76 Å². The highest BCUT2D eigenvalue weighted by Gasteiger charge is 2.29. The fourth-order valence-electron chi connectivity index (χ4n) is 2.74. The standard InChI is InChI=1S/C16H19N3O4S/c1-11-4-5-13(9-15(11)19-6-3-7-24(19,21)22)17-16(20)10-14-8-12(2)23-18-14/h4-5,8-9H,3,6-7,10H2,1-2H3,(H,17,20). The van der Waals surface area contributed by atoms with Gasteiger partial charge in [-0.05, 0) is 38.0 Å². The number of hydrogen-bond acceptors (Lipinski definition) is 5. The van der Waals surface area contributed by atoms with Gasteiger partial charge in [0.15, 0.2) is 0 Å². The zero-order valence-electron chi connectivity index (χ0n) is 13.6. The van der Waals surface area contributed by atoms with Gasteiger partial charge in [0, 0.05) is 18.3 Å². The number of nitrogens with one attached hydrogen (secondary N) is 1. The van der Waals surface area contributed by atoms with Crippen LogP contribution in [0.3, 0.4) is 0 Å². The largest absolute Gasteiger partial charge is 0.361 e. The molecule has 1 aliphatic rings. The minimum absolute atomic E-state index is 0.0998. The Morgan fingerprint density at radius 1 is 1.33 bits per heavy atom. The summed E-state index contributed by atoms with van der Waals surface area (Å²) in [5.74, 6) is 0.575. The second-order valence-corrected chi connectivity index (χ2v) is 7.91. The molecule has 0 aliphatic carbocycles. The van der Waals surface area contributed by atoms with E-state index in [1.807, 2.05) is 6.92 Å². The number of rotatable bonds is 4. The number of amides is 1. The Morgan fingerprint density at radius 3 is 2.75 bits per heavy atom. The fourth-order valence-corrected chi connectivity index (χ4v) is 4.35. The summed E-state index contributed by atoms with van der Waals surface area (Å²) in [6, 6.07) is 6.97. The maximum atomic E-state index is 12.1. The SMILES string of the molecule is Cc1cc(CC(=O)Nc2ccc(C)c(N3CCCS3(=O)=O)c2)no1. The Bertz CT molecular complexity index is 873. The zero-order chi connectivity index (χ0) is 17.3. The average Bonchev–Trinajstić information content (AvgIpc) is 3.06. The summed E-state index contributed by atoms with van der Waals surface area (Å²) < 4.78 is 30.6. The highest BCUT2D eigenvalue weighted by atomic mass is 32.2. The van der Waals surface area contributed by atoms with Crippen molar-refractivity contribution in [3.05, 3.63) is 41.3 Å². The van der Waals surface area contributed by atoms with E-state index in [9.17, 15) is 13.2 Å². The van der Waals surface area contributed by atoms with Crippen LogP contribution in [0.4, 0.5) is 11.4 Å². The summed E-state index contributed by atoms with van der Waals surface area (Å²) in [5, 5.41) is 6.56. The van der Waals surface area contributed by atoms with Gasteiger partial charge in [-0.25, -0.2) is 8.42 Å². The lowest BCUT2D eigenvalue weighted by atomic mass is 10.1. The molecule has 128 valence electrons. The van der Waals surface area contributed by atoms with Gasteiger partial charge in [0.25, 0.3) is 0 Å². The lowest BCUT2D eigenvalue weighted by Gasteiger charge is -2.20. The van der Waals surface area contributed by atoms with Crippen molar-refractivity contribution in [2.24, 2.45) is 0 Å². The zero-order valence-corrected chi connectivity index (χ0v) is 14.4. The molecule has 0 radical (unpaired) electrons. The molecule has 1 aliphatic heterocycles. The van der Waals surface area contributed by atoms with Crippen LogP contribution < -0.4 is 9.62 Å². The van der Waals surface area contributed by atoms with Crippen molar-refractivity contribution in [2.75, 3.05) is 21.9 Å². The van der Waals surface area contributed by atoms with E-state index in [1.165, 1.54) is 4.31 Å². The monoisotopic (exact) mass is 349 g/mol. The van der Waals surface area contributed by atoms with Crippen molar-refractivity contribution in [2.45, 2.75) is 26.7 Å². The van der Waals surface area contributed by atoms with Crippen LogP contribution in [0.1, 0.15) is 23.4 Å². The van der Waals surface area contributed by atoms with Crippen LogP contribution in [-0.2, 0) is 21.2 Å². The molecule has 24 heavy (non-hydrogen) atoms. The van der Waals surface area contributed by atoms with E-state index in [-0.39, 0.29) is 18.1 Å². The molecule has 2 heterocycles. The lowest BCUT2D eigenvalue weighted by molar-refractivity contribution is -0.115. The average molecular weight is 349 g/mol. The van der Waals surface area contributed by atoms with Crippen molar-refractivity contribution < 1.29 is 17.7 Å². The fraction of sp³-hybridized carbons (Fsp3) is 0.375. The van der Waals surface area contributed by atoms with E-state index in [0.717, 1.165) is 5.56 Å². The Kier molecular flexibility index (Phi) is 4.31. The first-order valence-corrected chi connectivity index (χ1v) is 9.29. The van der Waals surface area contributed by atoms with Gasteiger partial charge in [-0.2, -0.15) is 0 Å². The summed E-state index contributed by atoms with van der Waals surface area (Å²) in [6.45, 7) is 4.09. The van der Waals surface area contributed by atoms with E-state index in [0.29, 0.717) is 35.8 Å². The smallest absolute Gasteiger partial charge is 0.235 e. The van der Waals surface area contributed by atoms with Crippen LogP contribution in [0, 0.1) is 13.8 Å². The maximum Gasteiger partial charge on any atom is 0.235 e. The minimum atomic E-state index is -3.26. The highest BCUT2D eigenvalue weighted by molar-refractivity contribution is 7.93. The van der Waals surface area contributed by atoms with Crippen molar-refractivity contribution in [1.82, 2.24) is 5.16 Å². The third kappa shape index (κ3) is 3.43. The normalized spacial score (nSPS) is 16.3. The molecular weight excluding hydrogens is 330 g/mol. The highest BCUT2D eigenvalue weighted by Crippen LogP contribution is 2.30. The van der Waals surface area contributed by atoms with Crippen molar-refractivity contribution in [3.63, 3.8) is 0 Å². The van der Waals surface area contributed by atoms with E-state index in [4.69, 9.17) is 4.52 Å². The van der Waals surface area contributed by atoms with Gasteiger partial charge >= 0.3 is 0 Å². The minimum Gasteiger partial charge on any atom is -0.361 e. The Labute approximate surface area is 140 Å². The van der Waals surface area contributed by atoms with Crippen LogP contribution in [0.5, 0.6) is 0 Å². The molecule has 1 aromatic carbocycles. The van der Waals surface area contributed by atoms with Gasteiger partial charge in [-0.15, -0.1) is 0 Å². The number of sulfonamides is 1. The van der Waals surface area contributed by atoms with Crippen LogP contribution in [0.2, 0.25) is 0 Å². The number of aromatic nitrogens is 1. The number of hydrogen-bond donors (Lipinski definition) is 1. The van der Waals surface area contributed by atoms with Gasteiger partial charge in [-0.3, -0.25) is 9.10 Å². The predicted octanol–water partition coefficient (Wildman–Crippen LogP) is 2.01. The van der Waals surface area contributed by atoms with Crippen molar-refractivity contribution in [3.8, 4) is 0 Å². The number of benzene rings is 1. The first-order valence-electron chi connectivity index (χ1n) is 7.68. The number of anilines is 2. The van der Waals surface area contributed by atoms with E-state index in [1.54, 1.807) is 31.2 Å². The van der Waals surface area contributed by atoms with Gasteiger partial charge in [-0.1, -0.05) is 11.2 Å². The molecular formula is C16H19N3O4S. The molecule has 8 heteroatoms. The molecule has 0 bridgehead atoms. The lowest BCUT2D eigenvalue weighted by Crippen LogP contribution is -2.26. The molecule has 7 nitrogen and oxygen atoms in total. The summed E-state index contributed by atoms with van der Waals surface area (Å²) in [6.07, 6.45) is 0.715. The van der Waals surface area contributed by atoms with Crippen LogP contribution in [-0.4, -0.2) is 31.8 Å². The molecule has 1 N–H and O–H groups in total. The molecule has 0 unspecified atom stereocenters. The van der Waals surface area contributed by atoms with Crippen LogP contribution in [0.15, 0.2) is 28.8 Å². The molecule has 1 saturated heterocycles. The molecule has 1 aromatic heterocycles. The molecule has 0 atom stereocenters. The third-order valence-electron chi connectivity index (χ3n) is 3.88. The Hall–Kier alpha value is -2.35. The van der Waals surface area contributed by atoms with Crippen LogP contribution >= 0.6 is 0 Å². The number of nitrogens with zero attached hydrogens (tertiary/aromatic N) is 2. The molecule has 3 rings (SSSR count). The molecule has 1 amide bonds. The third-order valence-corrected chi connectivity index (χ3v) is 5.73. The first kappa shape index (κ1) is 16.5. The van der Waals surface area contributed by atoms with Crippen molar-refractivity contribution >= 4 is 27.3 Å². The number of carbonyl (C=O) groups excluding carboxylic acids is 1.